The quantitative estimate of drug-likeness (QED) is 0.162. The predicted molar refractivity (Wildman–Crippen MR) is 179 cm³/mol. The SMILES string of the molecule is CC[C@@]1(O)C(=O)OCc2c1cc1n(c2=O)Cc2c-1nc1cc(F)c(C)c3c1c2[C@@H](NC(=O)O[C@@H]1CCC[C@H]1SSc1ccccn1)CC3. The largest absolute Gasteiger partial charge is 0.458 e. The summed E-state index contributed by atoms with van der Waals surface area (Å²) in [6.45, 7) is 3.33. The molecule has 1 aromatic carbocycles. The Morgan fingerprint density at radius 1 is 1.21 bits per heavy atom. The van der Waals surface area contributed by atoms with Crippen LogP contribution < -0.4 is 10.9 Å². The number of halogens is 1. The molecule has 48 heavy (non-hydrogen) atoms. The Balaban J connectivity index is 1.15. The van der Waals surface area contributed by atoms with Crippen LogP contribution in [0.2, 0.25) is 0 Å². The van der Waals surface area contributed by atoms with Crippen LogP contribution in [0.5, 0.6) is 0 Å². The lowest BCUT2D eigenvalue weighted by Crippen LogP contribution is -2.44. The third kappa shape index (κ3) is 4.92. The number of rotatable bonds is 6. The van der Waals surface area contributed by atoms with Gasteiger partial charge in [0, 0.05) is 28.8 Å². The molecule has 4 atom stereocenters. The van der Waals surface area contributed by atoms with E-state index >= 15 is 4.39 Å². The van der Waals surface area contributed by atoms with Gasteiger partial charge in [0.05, 0.1) is 40.3 Å². The molecule has 3 aromatic heterocycles. The number of fused-ring (bicyclic) bond motifs is 5. The fourth-order valence-corrected chi connectivity index (χ4v) is 10.3. The van der Waals surface area contributed by atoms with E-state index in [0.717, 1.165) is 46.4 Å². The van der Waals surface area contributed by atoms with Gasteiger partial charge in [-0.05, 0) is 91.1 Å². The Labute approximate surface area is 283 Å². The van der Waals surface area contributed by atoms with E-state index in [-0.39, 0.29) is 53.4 Å². The van der Waals surface area contributed by atoms with Crippen molar-refractivity contribution in [3.63, 3.8) is 0 Å². The van der Waals surface area contributed by atoms with E-state index in [0.29, 0.717) is 35.3 Å². The number of cyclic esters (lactones) is 1. The fourth-order valence-electron chi connectivity index (χ4n) is 7.66. The average Bonchev–Trinajstić information content (AvgIpc) is 3.69. The van der Waals surface area contributed by atoms with Crippen LogP contribution in [0.25, 0.3) is 22.3 Å². The van der Waals surface area contributed by atoms with Crippen molar-refractivity contribution in [2.45, 2.75) is 93.5 Å². The van der Waals surface area contributed by atoms with Crippen molar-refractivity contribution < 1.29 is 28.6 Å². The van der Waals surface area contributed by atoms with Gasteiger partial charge in [-0.2, -0.15) is 0 Å². The minimum Gasteiger partial charge on any atom is -0.458 e. The standard InChI is InChI=1S/C35H33FN4O6S2/c1-3-35(44)21-13-25-31-19(15-40(25)32(41)20(21)16-45-33(35)42)30-23(11-10-18-17(2)22(36)14-24(38-31)29(18)30)39-34(43)46-26-7-6-8-27(26)47-48-28-9-4-5-12-37-28/h4-5,9,12-14,23,26-27,44H,3,6-8,10-11,15-16H2,1-2H3,(H,39,43)/t23-,26+,27+,35-/m0/s1. The maximum absolute atomic E-state index is 15.2. The van der Waals surface area contributed by atoms with Gasteiger partial charge in [0.25, 0.3) is 5.56 Å². The second kappa shape index (κ2) is 11.9. The number of esters is 1. The lowest BCUT2D eigenvalue weighted by molar-refractivity contribution is -0.172. The Bertz CT molecular complexity index is 2070. The van der Waals surface area contributed by atoms with Gasteiger partial charge in [-0.15, -0.1) is 0 Å². The summed E-state index contributed by atoms with van der Waals surface area (Å²) in [6.07, 6.45) is 4.71. The molecule has 2 aliphatic carbocycles. The topological polar surface area (TPSA) is 133 Å². The van der Waals surface area contributed by atoms with Crippen molar-refractivity contribution in [2.24, 2.45) is 0 Å². The smallest absolute Gasteiger partial charge is 0.407 e. The maximum atomic E-state index is 15.2. The van der Waals surface area contributed by atoms with Crippen LogP contribution in [0.1, 0.15) is 78.5 Å². The van der Waals surface area contributed by atoms with Crippen molar-refractivity contribution >= 4 is 44.6 Å². The van der Waals surface area contributed by atoms with E-state index in [1.54, 1.807) is 52.3 Å². The molecule has 4 aliphatic rings. The average molecular weight is 689 g/mol. The molecule has 13 heteroatoms. The lowest BCUT2D eigenvalue weighted by atomic mass is 9.81. The molecule has 248 valence electrons. The number of nitrogens with zero attached hydrogens (tertiary/aromatic N) is 3. The highest BCUT2D eigenvalue weighted by Crippen LogP contribution is 2.46. The number of pyridine rings is 3. The first-order chi connectivity index (χ1) is 23.2. The van der Waals surface area contributed by atoms with Crippen LogP contribution >= 0.6 is 21.6 Å². The first kappa shape index (κ1) is 31.3. The van der Waals surface area contributed by atoms with Crippen molar-refractivity contribution in [3.05, 3.63) is 86.1 Å². The van der Waals surface area contributed by atoms with E-state index in [4.69, 9.17) is 14.5 Å². The molecule has 2 aliphatic heterocycles. The van der Waals surface area contributed by atoms with Gasteiger partial charge in [-0.3, -0.25) is 4.79 Å². The number of benzene rings is 1. The van der Waals surface area contributed by atoms with Crippen LogP contribution in [0, 0.1) is 12.7 Å². The van der Waals surface area contributed by atoms with Gasteiger partial charge in [0.15, 0.2) is 5.60 Å². The number of aromatic nitrogens is 3. The number of aliphatic hydroxyl groups is 1. The summed E-state index contributed by atoms with van der Waals surface area (Å²) in [5, 5.41) is 16.2. The highest BCUT2D eigenvalue weighted by Gasteiger charge is 2.46. The van der Waals surface area contributed by atoms with Gasteiger partial charge in [-0.1, -0.05) is 23.8 Å². The Morgan fingerprint density at radius 3 is 2.85 bits per heavy atom. The van der Waals surface area contributed by atoms with E-state index in [9.17, 15) is 19.5 Å². The summed E-state index contributed by atoms with van der Waals surface area (Å²) < 4.78 is 28.1. The van der Waals surface area contributed by atoms with Crippen LogP contribution in [-0.2, 0) is 39.4 Å². The van der Waals surface area contributed by atoms with Gasteiger partial charge in [0.2, 0.25) is 0 Å². The lowest BCUT2D eigenvalue weighted by Gasteiger charge is -2.31. The molecule has 5 heterocycles. The number of aryl methyl sites for hydroxylation is 1. The normalized spacial score (nSPS) is 23.8. The summed E-state index contributed by atoms with van der Waals surface area (Å²) in [6, 6.07) is 8.35. The molecule has 2 N–H and O–H groups in total. The summed E-state index contributed by atoms with van der Waals surface area (Å²) >= 11 is 0. The zero-order chi connectivity index (χ0) is 33.3. The maximum Gasteiger partial charge on any atom is 0.407 e. The zero-order valence-electron chi connectivity index (χ0n) is 26.4. The first-order valence-electron chi connectivity index (χ1n) is 16.2. The van der Waals surface area contributed by atoms with Gasteiger partial charge >= 0.3 is 12.1 Å². The highest BCUT2D eigenvalue weighted by atomic mass is 33.1. The fraction of sp³-hybridized carbons (Fsp3) is 0.400. The third-order valence-electron chi connectivity index (χ3n) is 10.2. The molecule has 0 saturated heterocycles. The van der Waals surface area contributed by atoms with E-state index in [1.807, 2.05) is 18.2 Å². The molecule has 1 saturated carbocycles. The number of alkyl carbamates (subject to hydrolysis) is 1. The molecule has 1 fully saturated rings. The molecule has 1 amide bonds. The number of amides is 1. The molecular weight excluding hydrogens is 656 g/mol. The van der Waals surface area contributed by atoms with Crippen molar-refractivity contribution in [3.8, 4) is 11.4 Å². The molecule has 4 aromatic rings. The Hall–Kier alpha value is -3.94. The highest BCUT2D eigenvalue weighted by molar-refractivity contribution is 8.76. The Morgan fingerprint density at radius 2 is 2.06 bits per heavy atom. The van der Waals surface area contributed by atoms with Crippen LogP contribution in [0.3, 0.4) is 0 Å². The first-order valence-corrected chi connectivity index (χ1v) is 18.4. The van der Waals surface area contributed by atoms with Crippen molar-refractivity contribution in [1.29, 1.82) is 0 Å². The Kier molecular flexibility index (Phi) is 7.76. The van der Waals surface area contributed by atoms with Crippen molar-refractivity contribution in [2.75, 3.05) is 0 Å². The minimum atomic E-state index is -1.97. The van der Waals surface area contributed by atoms with E-state index in [1.165, 1.54) is 6.07 Å². The molecular formula is C35H33FN4O6S2. The van der Waals surface area contributed by atoms with Crippen LogP contribution in [0.4, 0.5) is 9.18 Å². The summed E-state index contributed by atoms with van der Waals surface area (Å²) in [5.41, 5.74) is 2.30. The van der Waals surface area contributed by atoms with E-state index < -0.39 is 23.7 Å². The summed E-state index contributed by atoms with van der Waals surface area (Å²) in [4.78, 5) is 49.3. The third-order valence-corrected chi connectivity index (χ3v) is 13.1. The molecule has 8 rings (SSSR count). The number of hydrogen-bond donors (Lipinski definition) is 2. The summed E-state index contributed by atoms with van der Waals surface area (Å²) in [7, 11) is 3.25. The number of ether oxygens (including phenoxy) is 2. The van der Waals surface area contributed by atoms with E-state index in [2.05, 4.69) is 10.3 Å². The van der Waals surface area contributed by atoms with Crippen LogP contribution in [-0.4, -0.2) is 43.1 Å². The van der Waals surface area contributed by atoms with Gasteiger partial charge in [0.1, 0.15) is 23.6 Å². The second-order valence-corrected chi connectivity index (χ2v) is 15.3. The molecule has 10 nitrogen and oxygen atoms in total. The number of carbonyl (C=O) groups excluding carboxylic acids is 2. The number of carbonyl (C=O) groups is 2. The number of nitrogens with one attached hydrogen (secondary N) is 1. The minimum absolute atomic E-state index is 0.0229. The molecule has 0 spiro atoms. The molecule has 0 radical (unpaired) electrons. The second-order valence-electron chi connectivity index (χ2n) is 12.8. The molecule has 0 unspecified atom stereocenters. The van der Waals surface area contributed by atoms with Gasteiger partial charge < -0.3 is 24.5 Å². The van der Waals surface area contributed by atoms with Gasteiger partial charge in [-0.25, -0.2) is 23.9 Å². The molecule has 0 bridgehead atoms. The zero-order valence-corrected chi connectivity index (χ0v) is 28.0. The number of hydrogen-bond acceptors (Lipinski definition) is 10. The monoisotopic (exact) mass is 688 g/mol. The summed E-state index contributed by atoms with van der Waals surface area (Å²) in [5.74, 6) is -1.18. The van der Waals surface area contributed by atoms with Crippen molar-refractivity contribution in [1.82, 2.24) is 19.9 Å². The van der Waals surface area contributed by atoms with Crippen LogP contribution in [0.15, 0.2) is 46.3 Å². The predicted octanol–water partition coefficient (Wildman–Crippen LogP) is 6.00.